The minimum absolute atomic E-state index is 0.280. The van der Waals surface area contributed by atoms with Crippen LogP contribution in [0.5, 0.6) is 5.75 Å². The van der Waals surface area contributed by atoms with Crippen LogP contribution in [0, 0.1) is 5.82 Å². The number of rotatable bonds is 5. The van der Waals surface area contributed by atoms with E-state index in [0.717, 1.165) is 11.1 Å². The normalized spacial score (nSPS) is 10.6. The summed E-state index contributed by atoms with van der Waals surface area (Å²) in [4.78, 5) is 11.0. The third-order valence-corrected chi connectivity index (χ3v) is 2.77. The molecule has 0 aliphatic heterocycles. The van der Waals surface area contributed by atoms with Crippen LogP contribution in [0.2, 0.25) is 0 Å². The Bertz CT molecular complexity index is 650. The first-order valence-corrected chi connectivity index (χ1v) is 6.41. The van der Waals surface area contributed by atoms with Gasteiger partial charge in [-0.15, -0.1) is 0 Å². The van der Waals surface area contributed by atoms with Gasteiger partial charge in [0.1, 0.15) is 18.2 Å². The van der Waals surface area contributed by atoms with Gasteiger partial charge in [-0.3, -0.25) is 0 Å². The quantitative estimate of drug-likeness (QED) is 0.622. The van der Waals surface area contributed by atoms with Crippen molar-refractivity contribution < 1.29 is 18.7 Å². The number of carbonyl (C=O) groups excluding carboxylic acids is 1. The molecule has 0 aliphatic carbocycles. The number of benzene rings is 2. The average molecular weight is 286 g/mol. The van der Waals surface area contributed by atoms with Gasteiger partial charge in [0.2, 0.25) is 0 Å². The lowest BCUT2D eigenvalue weighted by Crippen LogP contribution is -1.96. The monoisotopic (exact) mass is 286 g/mol. The van der Waals surface area contributed by atoms with Gasteiger partial charge in [-0.1, -0.05) is 24.3 Å². The Labute approximate surface area is 122 Å². The Morgan fingerprint density at radius 3 is 2.76 bits per heavy atom. The summed E-state index contributed by atoms with van der Waals surface area (Å²) < 4.78 is 23.2. The van der Waals surface area contributed by atoms with Crippen LogP contribution in [0.1, 0.15) is 11.1 Å². The van der Waals surface area contributed by atoms with E-state index < -0.39 is 5.97 Å². The molecule has 0 amide bonds. The van der Waals surface area contributed by atoms with Crippen molar-refractivity contribution in [3.8, 4) is 5.75 Å². The number of carbonyl (C=O) groups is 1. The van der Waals surface area contributed by atoms with Crippen LogP contribution in [0.15, 0.2) is 54.6 Å². The molecule has 0 unspecified atom stereocenters. The van der Waals surface area contributed by atoms with E-state index in [1.807, 2.05) is 12.1 Å². The average Bonchev–Trinajstić information content (AvgIpc) is 2.51. The van der Waals surface area contributed by atoms with Crippen molar-refractivity contribution in [3.05, 3.63) is 71.6 Å². The molecule has 0 saturated heterocycles. The minimum atomic E-state index is -0.416. The number of hydrogen-bond donors (Lipinski definition) is 0. The predicted octanol–water partition coefficient (Wildman–Crippen LogP) is 3.59. The van der Waals surface area contributed by atoms with E-state index in [-0.39, 0.29) is 12.4 Å². The van der Waals surface area contributed by atoms with Gasteiger partial charge in [0.25, 0.3) is 0 Å². The Morgan fingerprint density at radius 2 is 2.00 bits per heavy atom. The van der Waals surface area contributed by atoms with Crippen molar-refractivity contribution in [1.29, 1.82) is 0 Å². The molecule has 0 spiro atoms. The Morgan fingerprint density at radius 1 is 1.19 bits per heavy atom. The van der Waals surface area contributed by atoms with Gasteiger partial charge in [-0.2, -0.15) is 0 Å². The summed E-state index contributed by atoms with van der Waals surface area (Å²) in [5.41, 5.74) is 1.57. The molecule has 4 heteroatoms. The maximum absolute atomic E-state index is 13.1. The smallest absolute Gasteiger partial charge is 0.330 e. The lowest BCUT2D eigenvalue weighted by molar-refractivity contribution is -0.134. The van der Waals surface area contributed by atoms with E-state index in [1.165, 1.54) is 25.3 Å². The Hall–Kier alpha value is -2.62. The molecular formula is C17H15FO3. The second kappa shape index (κ2) is 7.24. The zero-order valence-electron chi connectivity index (χ0n) is 11.6. The topological polar surface area (TPSA) is 35.5 Å². The number of ether oxygens (including phenoxy) is 2. The van der Waals surface area contributed by atoms with Crippen molar-refractivity contribution >= 4 is 12.0 Å². The molecule has 3 nitrogen and oxygen atoms in total. The number of hydrogen-bond acceptors (Lipinski definition) is 3. The Balaban J connectivity index is 2.01. The standard InChI is InChI=1S/C17H15FO3/c1-20-17(19)9-8-13-4-3-7-16(11-13)21-12-14-5-2-6-15(18)10-14/h2-11H,12H2,1H3/b9-8+. The van der Waals surface area contributed by atoms with E-state index in [2.05, 4.69) is 4.74 Å². The third-order valence-electron chi connectivity index (χ3n) is 2.77. The zero-order chi connectivity index (χ0) is 15.1. The summed E-state index contributed by atoms with van der Waals surface area (Å²) in [6.45, 7) is 0.280. The second-order valence-corrected chi connectivity index (χ2v) is 4.35. The highest BCUT2D eigenvalue weighted by Crippen LogP contribution is 2.16. The van der Waals surface area contributed by atoms with Crippen molar-refractivity contribution in [2.24, 2.45) is 0 Å². The van der Waals surface area contributed by atoms with E-state index >= 15 is 0 Å². The lowest BCUT2D eigenvalue weighted by atomic mass is 10.2. The largest absolute Gasteiger partial charge is 0.489 e. The first-order chi connectivity index (χ1) is 10.2. The van der Waals surface area contributed by atoms with E-state index in [1.54, 1.807) is 30.3 Å². The van der Waals surface area contributed by atoms with E-state index in [9.17, 15) is 9.18 Å². The third kappa shape index (κ3) is 4.76. The van der Waals surface area contributed by atoms with Gasteiger partial charge in [-0.05, 0) is 41.5 Å². The van der Waals surface area contributed by atoms with Crippen LogP contribution in [0.3, 0.4) is 0 Å². The van der Waals surface area contributed by atoms with Gasteiger partial charge in [-0.25, -0.2) is 9.18 Å². The van der Waals surface area contributed by atoms with Crippen molar-refractivity contribution in [2.45, 2.75) is 6.61 Å². The van der Waals surface area contributed by atoms with Gasteiger partial charge in [0, 0.05) is 6.08 Å². The molecule has 0 fully saturated rings. The fourth-order valence-corrected chi connectivity index (χ4v) is 1.73. The Kier molecular flexibility index (Phi) is 5.10. The van der Waals surface area contributed by atoms with Crippen LogP contribution < -0.4 is 4.74 Å². The second-order valence-electron chi connectivity index (χ2n) is 4.35. The number of methoxy groups -OCH3 is 1. The van der Waals surface area contributed by atoms with Crippen LogP contribution in [0.25, 0.3) is 6.08 Å². The molecule has 0 aromatic heterocycles. The highest BCUT2D eigenvalue weighted by atomic mass is 19.1. The maximum Gasteiger partial charge on any atom is 0.330 e. The summed E-state index contributed by atoms with van der Waals surface area (Å²) in [7, 11) is 1.32. The lowest BCUT2D eigenvalue weighted by Gasteiger charge is -2.07. The number of esters is 1. The molecule has 0 bridgehead atoms. The SMILES string of the molecule is COC(=O)/C=C/c1cccc(OCc2cccc(F)c2)c1. The van der Waals surface area contributed by atoms with Gasteiger partial charge >= 0.3 is 5.97 Å². The van der Waals surface area contributed by atoms with E-state index in [4.69, 9.17) is 4.74 Å². The predicted molar refractivity (Wildman–Crippen MR) is 78.2 cm³/mol. The molecule has 2 rings (SSSR count). The molecule has 0 heterocycles. The molecule has 0 saturated carbocycles. The summed E-state index contributed by atoms with van der Waals surface area (Å²) in [5.74, 6) is -0.0572. The highest BCUT2D eigenvalue weighted by Gasteiger charge is 1.99. The molecule has 21 heavy (non-hydrogen) atoms. The minimum Gasteiger partial charge on any atom is -0.489 e. The molecule has 0 N–H and O–H groups in total. The highest BCUT2D eigenvalue weighted by molar-refractivity contribution is 5.86. The molecular weight excluding hydrogens is 271 g/mol. The van der Waals surface area contributed by atoms with Crippen LogP contribution in [0.4, 0.5) is 4.39 Å². The fraction of sp³-hybridized carbons (Fsp3) is 0.118. The molecule has 2 aromatic carbocycles. The molecule has 0 atom stereocenters. The van der Waals surface area contributed by atoms with E-state index in [0.29, 0.717) is 5.75 Å². The van der Waals surface area contributed by atoms with Crippen molar-refractivity contribution in [1.82, 2.24) is 0 Å². The van der Waals surface area contributed by atoms with Gasteiger partial charge in [0.05, 0.1) is 7.11 Å². The summed E-state index contributed by atoms with van der Waals surface area (Å²) >= 11 is 0. The van der Waals surface area contributed by atoms with Crippen LogP contribution in [-0.4, -0.2) is 13.1 Å². The maximum atomic E-state index is 13.1. The molecule has 108 valence electrons. The number of halogens is 1. The van der Waals surface area contributed by atoms with Crippen molar-refractivity contribution in [3.63, 3.8) is 0 Å². The van der Waals surface area contributed by atoms with Gasteiger partial charge in [0.15, 0.2) is 0 Å². The zero-order valence-corrected chi connectivity index (χ0v) is 11.6. The van der Waals surface area contributed by atoms with Gasteiger partial charge < -0.3 is 9.47 Å². The van der Waals surface area contributed by atoms with Crippen LogP contribution in [-0.2, 0) is 16.1 Å². The fourth-order valence-electron chi connectivity index (χ4n) is 1.73. The first kappa shape index (κ1) is 14.8. The van der Waals surface area contributed by atoms with Crippen LogP contribution >= 0.6 is 0 Å². The first-order valence-electron chi connectivity index (χ1n) is 6.41. The summed E-state index contributed by atoms with van der Waals surface area (Å²) in [5, 5.41) is 0. The van der Waals surface area contributed by atoms with Crippen molar-refractivity contribution in [2.75, 3.05) is 7.11 Å². The molecule has 0 radical (unpaired) electrons. The summed E-state index contributed by atoms with van der Waals surface area (Å²) in [6, 6.07) is 13.5. The molecule has 2 aromatic rings. The summed E-state index contributed by atoms with van der Waals surface area (Å²) in [6.07, 6.45) is 2.98. The molecule has 0 aliphatic rings.